The molecule has 1 amide bonds. The van der Waals surface area contributed by atoms with Gasteiger partial charge in [-0.05, 0) is 36.8 Å². The number of nitrogens with zero attached hydrogens (tertiary/aromatic N) is 1. The summed E-state index contributed by atoms with van der Waals surface area (Å²) < 4.78 is 16.1. The number of rotatable bonds is 8. The number of esters is 1. The highest BCUT2D eigenvalue weighted by Gasteiger charge is 2.17. The largest absolute Gasteiger partial charge is 0.493 e. The first-order chi connectivity index (χ1) is 12.5. The van der Waals surface area contributed by atoms with E-state index in [0.29, 0.717) is 33.8 Å². The van der Waals surface area contributed by atoms with Crippen LogP contribution in [0.5, 0.6) is 11.5 Å². The fourth-order valence-electron chi connectivity index (χ4n) is 2.29. The third kappa shape index (κ3) is 5.12. The van der Waals surface area contributed by atoms with E-state index in [1.807, 2.05) is 19.1 Å². The zero-order valence-electron chi connectivity index (χ0n) is 14.8. The first kappa shape index (κ1) is 20.1. The molecule has 1 aromatic carbocycles. The summed E-state index contributed by atoms with van der Waals surface area (Å²) in [6, 6.07) is 8.64. The van der Waals surface area contributed by atoms with Gasteiger partial charge in [0.15, 0.2) is 18.1 Å². The lowest BCUT2D eigenvalue weighted by Gasteiger charge is -2.21. The Morgan fingerprint density at radius 2 is 1.85 bits per heavy atom. The molecule has 0 aliphatic rings. The maximum absolute atomic E-state index is 12.4. The van der Waals surface area contributed by atoms with Crippen LogP contribution >= 0.6 is 22.9 Å². The van der Waals surface area contributed by atoms with Crippen LogP contribution in [-0.4, -0.2) is 44.1 Å². The minimum atomic E-state index is -0.558. The Labute approximate surface area is 161 Å². The summed E-state index contributed by atoms with van der Waals surface area (Å²) in [5, 5.41) is 0. The van der Waals surface area contributed by atoms with Gasteiger partial charge in [-0.25, -0.2) is 4.79 Å². The molecular formula is C18H20ClNO5S. The van der Waals surface area contributed by atoms with Crippen molar-refractivity contribution in [2.45, 2.75) is 13.5 Å². The average Bonchev–Trinajstić information content (AvgIpc) is 3.10. The maximum Gasteiger partial charge on any atom is 0.348 e. The quantitative estimate of drug-likeness (QED) is 0.636. The van der Waals surface area contributed by atoms with Crippen molar-refractivity contribution in [2.24, 2.45) is 0 Å². The molecule has 0 bridgehead atoms. The Balaban J connectivity index is 1.97. The van der Waals surface area contributed by atoms with Crippen molar-refractivity contribution >= 4 is 34.8 Å². The zero-order chi connectivity index (χ0) is 19.1. The minimum absolute atomic E-state index is 0.279. The van der Waals surface area contributed by atoms with Crippen LogP contribution in [0.15, 0.2) is 30.3 Å². The number of likely N-dealkylation sites (N-methyl/N-ethyl adjacent to an activating group) is 1. The van der Waals surface area contributed by atoms with Gasteiger partial charge in [-0.3, -0.25) is 4.79 Å². The molecule has 26 heavy (non-hydrogen) atoms. The van der Waals surface area contributed by atoms with Crippen molar-refractivity contribution in [1.82, 2.24) is 4.90 Å². The van der Waals surface area contributed by atoms with Gasteiger partial charge >= 0.3 is 5.97 Å². The Morgan fingerprint density at radius 1 is 1.12 bits per heavy atom. The van der Waals surface area contributed by atoms with Crippen LogP contribution in [0.4, 0.5) is 0 Å². The Hall–Kier alpha value is -2.25. The summed E-state index contributed by atoms with van der Waals surface area (Å²) in [6.07, 6.45) is 0. The molecule has 0 N–H and O–H groups in total. The molecule has 0 aliphatic carbocycles. The van der Waals surface area contributed by atoms with E-state index < -0.39 is 5.97 Å². The zero-order valence-corrected chi connectivity index (χ0v) is 16.4. The number of methoxy groups -OCH3 is 2. The van der Waals surface area contributed by atoms with Gasteiger partial charge in [0.1, 0.15) is 4.88 Å². The molecule has 0 aliphatic heterocycles. The Bertz CT molecular complexity index is 777. The number of amides is 1. The molecule has 2 rings (SSSR count). The highest BCUT2D eigenvalue weighted by atomic mass is 35.5. The van der Waals surface area contributed by atoms with Gasteiger partial charge in [-0.15, -0.1) is 11.3 Å². The maximum atomic E-state index is 12.4. The predicted octanol–water partition coefficient (Wildman–Crippen LogP) is 3.62. The fraction of sp³-hybridized carbons (Fsp3) is 0.333. The van der Waals surface area contributed by atoms with Gasteiger partial charge < -0.3 is 19.1 Å². The lowest BCUT2D eigenvalue weighted by molar-refractivity contribution is -0.134. The highest BCUT2D eigenvalue weighted by Crippen LogP contribution is 2.28. The van der Waals surface area contributed by atoms with E-state index in [9.17, 15) is 9.59 Å². The molecule has 8 heteroatoms. The summed E-state index contributed by atoms with van der Waals surface area (Å²) in [6.45, 7) is 2.39. The Kier molecular flexibility index (Phi) is 7.29. The molecule has 140 valence electrons. The summed E-state index contributed by atoms with van der Waals surface area (Å²) in [7, 11) is 3.12. The van der Waals surface area contributed by atoms with Crippen molar-refractivity contribution in [3.63, 3.8) is 0 Å². The second-order valence-corrected chi connectivity index (χ2v) is 6.99. The van der Waals surface area contributed by atoms with Crippen molar-refractivity contribution < 1.29 is 23.8 Å². The van der Waals surface area contributed by atoms with Crippen molar-refractivity contribution in [3.8, 4) is 11.5 Å². The molecule has 0 saturated heterocycles. The summed E-state index contributed by atoms with van der Waals surface area (Å²) in [5.41, 5.74) is 0.884. The molecular weight excluding hydrogens is 378 g/mol. The summed E-state index contributed by atoms with van der Waals surface area (Å²) in [5.74, 6) is 0.374. The van der Waals surface area contributed by atoms with Crippen molar-refractivity contribution in [2.75, 3.05) is 27.4 Å². The summed E-state index contributed by atoms with van der Waals surface area (Å²) in [4.78, 5) is 26.2. The number of benzene rings is 1. The second kappa shape index (κ2) is 9.45. The highest BCUT2D eigenvalue weighted by molar-refractivity contribution is 7.17. The smallest absolute Gasteiger partial charge is 0.348 e. The number of ether oxygens (including phenoxy) is 3. The van der Waals surface area contributed by atoms with Crippen LogP contribution in [0.2, 0.25) is 4.34 Å². The summed E-state index contributed by atoms with van der Waals surface area (Å²) >= 11 is 6.91. The van der Waals surface area contributed by atoms with Crippen molar-refractivity contribution in [1.29, 1.82) is 0 Å². The van der Waals surface area contributed by atoms with E-state index in [2.05, 4.69) is 0 Å². The number of hydrogen-bond acceptors (Lipinski definition) is 6. The average molecular weight is 398 g/mol. The molecule has 0 radical (unpaired) electrons. The third-order valence-electron chi connectivity index (χ3n) is 3.66. The van der Waals surface area contributed by atoms with Gasteiger partial charge in [-0.1, -0.05) is 17.7 Å². The predicted molar refractivity (Wildman–Crippen MR) is 100 cm³/mol. The van der Waals surface area contributed by atoms with Gasteiger partial charge in [0.25, 0.3) is 5.91 Å². The van der Waals surface area contributed by atoms with Crippen LogP contribution in [0, 0.1) is 0 Å². The van der Waals surface area contributed by atoms with Gasteiger partial charge in [0.05, 0.1) is 18.6 Å². The van der Waals surface area contributed by atoms with Gasteiger partial charge in [0, 0.05) is 13.1 Å². The number of halogens is 1. The van der Waals surface area contributed by atoms with E-state index in [-0.39, 0.29) is 12.5 Å². The van der Waals surface area contributed by atoms with Crippen molar-refractivity contribution in [3.05, 3.63) is 45.1 Å². The molecule has 0 saturated carbocycles. The van der Waals surface area contributed by atoms with Crippen LogP contribution in [0.1, 0.15) is 22.2 Å². The van der Waals surface area contributed by atoms with Gasteiger partial charge in [0.2, 0.25) is 0 Å². The third-order valence-corrected chi connectivity index (χ3v) is 4.87. The van der Waals surface area contributed by atoms with E-state index in [4.69, 9.17) is 25.8 Å². The normalized spacial score (nSPS) is 10.3. The van der Waals surface area contributed by atoms with Crippen LogP contribution < -0.4 is 9.47 Å². The van der Waals surface area contributed by atoms with Crippen LogP contribution in [0.3, 0.4) is 0 Å². The molecule has 6 nitrogen and oxygen atoms in total. The standard InChI is InChI=1S/C18H20ClNO5S/c1-4-20(10-12-5-6-13(23-2)14(9-12)24-3)17(21)11-25-18(22)15-7-8-16(19)26-15/h5-9H,4,10-11H2,1-3H3. The number of thiophene rings is 1. The Morgan fingerprint density at radius 3 is 2.42 bits per heavy atom. The molecule has 1 heterocycles. The number of carbonyl (C=O) groups excluding carboxylic acids is 2. The molecule has 1 aromatic heterocycles. The first-order valence-corrected chi connectivity index (χ1v) is 9.09. The van der Waals surface area contributed by atoms with E-state index in [1.54, 1.807) is 37.3 Å². The van der Waals surface area contributed by atoms with Crippen LogP contribution in [-0.2, 0) is 16.1 Å². The molecule has 0 fully saturated rings. The van der Waals surface area contributed by atoms with E-state index in [0.717, 1.165) is 16.9 Å². The first-order valence-electron chi connectivity index (χ1n) is 7.89. The SMILES string of the molecule is CCN(Cc1ccc(OC)c(OC)c1)C(=O)COC(=O)c1ccc(Cl)s1. The van der Waals surface area contributed by atoms with Gasteiger partial charge in [-0.2, -0.15) is 0 Å². The molecule has 0 unspecified atom stereocenters. The topological polar surface area (TPSA) is 65.1 Å². The monoisotopic (exact) mass is 397 g/mol. The number of carbonyl (C=O) groups is 2. The van der Waals surface area contributed by atoms with E-state index >= 15 is 0 Å². The second-order valence-electron chi connectivity index (χ2n) is 5.28. The lowest BCUT2D eigenvalue weighted by Crippen LogP contribution is -2.34. The molecule has 0 spiro atoms. The van der Waals surface area contributed by atoms with E-state index in [1.165, 1.54) is 0 Å². The fourth-order valence-corrected chi connectivity index (χ4v) is 3.23. The van der Waals surface area contributed by atoms with Crippen LogP contribution in [0.25, 0.3) is 0 Å². The molecule has 0 atom stereocenters. The minimum Gasteiger partial charge on any atom is -0.493 e. The number of hydrogen-bond donors (Lipinski definition) is 0. The molecule has 2 aromatic rings. The lowest BCUT2D eigenvalue weighted by atomic mass is 10.2.